The maximum Gasteiger partial charge on any atom is 0.330 e. The normalized spacial score (nSPS) is 9.07. The third-order valence-corrected chi connectivity index (χ3v) is 1.83. The summed E-state index contributed by atoms with van der Waals surface area (Å²) in [5.41, 5.74) is 1.59. The first kappa shape index (κ1) is 13.4. The lowest BCUT2D eigenvalue weighted by molar-refractivity contribution is -0.132. The maximum atomic E-state index is 9.60. The zero-order valence-electron chi connectivity index (χ0n) is 9.53. The number of aliphatic carboxylic acids is 1. The summed E-state index contributed by atoms with van der Waals surface area (Å²) >= 11 is 0. The van der Waals surface area contributed by atoms with Crippen molar-refractivity contribution in [1.29, 1.82) is 0 Å². The van der Waals surface area contributed by atoms with Gasteiger partial charge >= 0.3 is 5.97 Å². The fourth-order valence-electron chi connectivity index (χ4n) is 0.838. The maximum absolute atomic E-state index is 9.60. The number of benzene rings is 1. The molecule has 2 nitrogen and oxygen atoms in total. The smallest absolute Gasteiger partial charge is 0.330 e. The summed E-state index contributed by atoms with van der Waals surface area (Å²) in [5, 5.41) is 7.89. The highest BCUT2D eigenvalue weighted by Gasteiger charge is 1.93. The lowest BCUT2D eigenvalue weighted by atomic mass is 10.0. The molecule has 1 N–H and O–H groups in total. The molecule has 0 saturated heterocycles. The lowest BCUT2D eigenvalue weighted by Crippen LogP contribution is -1.92. The molecule has 15 heavy (non-hydrogen) atoms. The second kappa shape index (κ2) is 6.82. The minimum atomic E-state index is -0.935. The summed E-state index contributed by atoms with van der Waals surface area (Å²) in [6.45, 7) is 9.01. The number of hydrogen-bond donors (Lipinski definition) is 1. The van der Waals surface area contributed by atoms with Crippen LogP contribution in [-0.2, 0) is 4.79 Å². The second-order valence-electron chi connectivity index (χ2n) is 3.65. The molecular formula is C13H18O2. The average molecular weight is 206 g/mol. The number of carboxylic acids is 1. The number of hydrogen-bond acceptors (Lipinski definition) is 1. The van der Waals surface area contributed by atoms with E-state index in [4.69, 9.17) is 5.11 Å². The van der Waals surface area contributed by atoms with Crippen LogP contribution in [0.3, 0.4) is 0 Å². The molecule has 0 radical (unpaired) electrons. The first-order valence-electron chi connectivity index (χ1n) is 4.89. The Kier molecular flexibility index (Phi) is 6.11. The van der Waals surface area contributed by atoms with E-state index in [-0.39, 0.29) is 5.57 Å². The van der Waals surface area contributed by atoms with E-state index in [1.807, 2.05) is 6.07 Å². The van der Waals surface area contributed by atoms with E-state index in [2.05, 4.69) is 44.7 Å². The van der Waals surface area contributed by atoms with E-state index < -0.39 is 5.97 Å². The minimum Gasteiger partial charge on any atom is -0.478 e. The first-order valence-corrected chi connectivity index (χ1v) is 4.89. The molecule has 1 rings (SSSR count). The molecule has 1 aromatic rings. The summed E-state index contributed by atoms with van der Waals surface area (Å²) < 4.78 is 0. The number of carboxylic acid groups (broad SMARTS) is 1. The van der Waals surface area contributed by atoms with Crippen LogP contribution in [0.15, 0.2) is 42.5 Å². The van der Waals surface area contributed by atoms with Gasteiger partial charge in [0.15, 0.2) is 0 Å². The lowest BCUT2D eigenvalue weighted by Gasteiger charge is -2.01. The molecule has 82 valence electrons. The minimum absolute atomic E-state index is 0.176. The van der Waals surface area contributed by atoms with Crippen LogP contribution in [0, 0.1) is 0 Å². The molecule has 0 aliphatic rings. The topological polar surface area (TPSA) is 37.3 Å². The van der Waals surface area contributed by atoms with Gasteiger partial charge in [-0.2, -0.15) is 0 Å². The standard InChI is InChI=1S/C9H12.C4H6O2/c1-8(2)9-6-4-3-5-7-9;1-3(2)4(5)6/h3-8H,1-2H3;1H2,2H3,(H,5,6). The van der Waals surface area contributed by atoms with E-state index in [1.165, 1.54) is 12.5 Å². The van der Waals surface area contributed by atoms with E-state index in [0.717, 1.165) is 0 Å². The van der Waals surface area contributed by atoms with Gasteiger partial charge in [-0.3, -0.25) is 0 Å². The Labute approximate surface area is 91.3 Å². The van der Waals surface area contributed by atoms with Crippen molar-refractivity contribution >= 4 is 5.97 Å². The van der Waals surface area contributed by atoms with Gasteiger partial charge in [0.05, 0.1) is 0 Å². The average Bonchev–Trinajstić information content (AvgIpc) is 2.20. The molecule has 0 heterocycles. The summed E-state index contributed by atoms with van der Waals surface area (Å²) in [5.74, 6) is -0.277. The highest BCUT2D eigenvalue weighted by molar-refractivity contribution is 5.84. The second-order valence-corrected chi connectivity index (χ2v) is 3.65. The fraction of sp³-hybridized carbons (Fsp3) is 0.308. The molecule has 0 aliphatic carbocycles. The van der Waals surface area contributed by atoms with Gasteiger partial charge in [0.25, 0.3) is 0 Å². The van der Waals surface area contributed by atoms with Crippen LogP contribution in [0.4, 0.5) is 0 Å². The van der Waals surface area contributed by atoms with Crippen LogP contribution < -0.4 is 0 Å². The highest BCUT2D eigenvalue weighted by atomic mass is 16.4. The third kappa shape index (κ3) is 6.49. The first-order chi connectivity index (χ1) is 6.95. The van der Waals surface area contributed by atoms with Gasteiger partial charge in [0.1, 0.15) is 0 Å². The van der Waals surface area contributed by atoms with Crippen LogP contribution in [-0.4, -0.2) is 11.1 Å². The fourth-order valence-corrected chi connectivity index (χ4v) is 0.838. The molecule has 0 aromatic heterocycles. The van der Waals surface area contributed by atoms with Crippen molar-refractivity contribution in [2.45, 2.75) is 26.7 Å². The largest absolute Gasteiger partial charge is 0.478 e. The summed E-state index contributed by atoms with van der Waals surface area (Å²) in [6, 6.07) is 10.5. The summed E-state index contributed by atoms with van der Waals surface area (Å²) in [7, 11) is 0. The van der Waals surface area contributed by atoms with E-state index in [1.54, 1.807) is 0 Å². The van der Waals surface area contributed by atoms with E-state index >= 15 is 0 Å². The van der Waals surface area contributed by atoms with E-state index in [0.29, 0.717) is 5.92 Å². The van der Waals surface area contributed by atoms with Gasteiger partial charge < -0.3 is 5.11 Å². The van der Waals surface area contributed by atoms with Crippen molar-refractivity contribution in [1.82, 2.24) is 0 Å². The summed E-state index contributed by atoms with van der Waals surface area (Å²) in [6.07, 6.45) is 0. The van der Waals surface area contributed by atoms with E-state index in [9.17, 15) is 4.79 Å². The third-order valence-electron chi connectivity index (χ3n) is 1.83. The van der Waals surface area contributed by atoms with Crippen molar-refractivity contribution in [3.05, 3.63) is 48.0 Å². The monoisotopic (exact) mass is 206 g/mol. The van der Waals surface area contributed by atoms with Crippen molar-refractivity contribution in [2.24, 2.45) is 0 Å². The van der Waals surface area contributed by atoms with Crippen LogP contribution in [0.5, 0.6) is 0 Å². The van der Waals surface area contributed by atoms with Crippen LogP contribution in [0.2, 0.25) is 0 Å². The zero-order valence-corrected chi connectivity index (χ0v) is 9.53. The SMILES string of the molecule is C=C(C)C(=O)O.CC(C)c1ccccc1. The Morgan fingerprint density at radius 1 is 1.27 bits per heavy atom. The Morgan fingerprint density at radius 3 is 1.87 bits per heavy atom. The molecule has 0 fully saturated rings. The molecule has 0 unspecified atom stereocenters. The Bertz CT molecular complexity index is 301. The van der Waals surface area contributed by atoms with Crippen LogP contribution in [0.25, 0.3) is 0 Å². The molecule has 0 saturated carbocycles. The number of carbonyl (C=O) groups is 1. The molecule has 0 amide bonds. The predicted molar refractivity (Wildman–Crippen MR) is 63.0 cm³/mol. The molecule has 1 aromatic carbocycles. The molecule has 2 heteroatoms. The molecule has 0 bridgehead atoms. The molecular weight excluding hydrogens is 188 g/mol. The van der Waals surface area contributed by atoms with Crippen molar-refractivity contribution < 1.29 is 9.90 Å². The Balaban J connectivity index is 0.000000288. The Morgan fingerprint density at radius 2 is 1.67 bits per heavy atom. The van der Waals surface area contributed by atoms with Gasteiger partial charge in [-0.25, -0.2) is 4.79 Å². The quantitative estimate of drug-likeness (QED) is 0.752. The highest BCUT2D eigenvalue weighted by Crippen LogP contribution is 2.11. The van der Waals surface area contributed by atoms with Crippen LogP contribution in [0.1, 0.15) is 32.3 Å². The van der Waals surface area contributed by atoms with Crippen molar-refractivity contribution in [3.8, 4) is 0 Å². The molecule has 0 atom stereocenters. The molecule has 0 spiro atoms. The van der Waals surface area contributed by atoms with Crippen molar-refractivity contribution in [2.75, 3.05) is 0 Å². The van der Waals surface area contributed by atoms with Crippen LogP contribution >= 0.6 is 0 Å². The van der Waals surface area contributed by atoms with Gasteiger partial charge in [0.2, 0.25) is 0 Å². The van der Waals surface area contributed by atoms with Gasteiger partial charge in [-0.1, -0.05) is 50.8 Å². The van der Waals surface area contributed by atoms with Gasteiger partial charge in [-0.15, -0.1) is 0 Å². The van der Waals surface area contributed by atoms with Gasteiger partial charge in [-0.05, 0) is 18.4 Å². The number of rotatable bonds is 2. The summed E-state index contributed by atoms with van der Waals surface area (Å²) in [4.78, 5) is 9.60. The molecule has 0 aliphatic heterocycles. The Hall–Kier alpha value is -1.57. The van der Waals surface area contributed by atoms with Gasteiger partial charge in [0, 0.05) is 5.57 Å². The zero-order chi connectivity index (χ0) is 11.8. The van der Waals surface area contributed by atoms with Crippen molar-refractivity contribution in [3.63, 3.8) is 0 Å². The predicted octanol–water partition coefficient (Wildman–Crippen LogP) is 3.46.